The summed E-state index contributed by atoms with van der Waals surface area (Å²) in [6.07, 6.45) is -0.344. The topological polar surface area (TPSA) is 71.4 Å². The molecule has 12 heavy (non-hydrogen) atoms. The summed E-state index contributed by atoms with van der Waals surface area (Å²) < 4.78 is 21.4. The number of hydrogen-bond donors (Lipinski definition) is 1. The number of aliphatic carboxylic acids is 1. The Labute approximate surface area is 72.5 Å². The van der Waals surface area contributed by atoms with Crippen LogP contribution in [-0.4, -0.2) is 30.0 Å². The van der Waals surface area contributed by atoms with Gasteiger partial charge in [-0.15, -0.1) is 0 Å². The lowest BCUT2D eigenvalue weighted by Crippen LogP contribution is -2.35. The Morgan fingerprint density at radius 3 is 2.08 bits per heavy atom. The van der Waals surface area contributed by atoms with Crippen molar-refractivity contribution in [3.8, 4) is 0 Å². The van der Waals surface area contributed by atoms with Crippen molar-refractivity contribution in [1.29, 1.82) is 0 Å². The van der Waals surface area contributed by atoms with Gasteiger partial charge in [0.05, 0.1) is 11.2 Å². The summed E-state index contributed by atoms with van der Waals surface area (Å²) >= 11 is 0. The van der Waals surface area contributed by atoms with Gasteiger partial charge in [-0.25, -0.2) is 8.42 Å². The highest BCUT2D eigenvalue weighted by Gasteiger charge is 2.34. The Kier molecular flexibility index (Phi) is 3.26. The molecule has 0 aromatic carbocycles. The van der Waals surface area contributed by atoms with Crippen LogP contribution in [0.3, 0.4) is 0 Å². The molecule has 0 aliphatic carbocycles. The molecular weight excluding hydrogens is 180 g/mol. The molecule has 1 N–H and O–H groups in total. The van der Waals surface area contributed by atoms with Crippen molar-refractivity contribution >= 4 is 15.8 Å². The molecule has 0 saturated heterocycles. The van der Waals surface area contributed by atoms with E-state index in [-0.39, 0.29) is 12.2 Å². The van der Waals surface area contributed by atoms with Gasteiger partial charge in [0.25, 0.3) is 0 Å². The van der Waals surface area contributed by atoms with E-state index in [9.17, 15) is 13.2 Å². The fraction of sp³-hybridized carbons (Fsp3) is 0.857. The quantitative estimate of drug-likeness (QED) is 0.714. The van der Waals surface area contributed by atoms with Crippen molar-refractivity contribution < 1.29 is 18.3 Å². The average Bonchev–Trinajstić information content (AvgIpc) is 1.84. The van der Waals surface area contributed by atoms with E-state index in [0.29, 0.717) is 0 Å². The smallest absolute Gasteiger partial charge is 0.304 e. The van der Waals surface area contributed by atoms with Crippen molar-refractivity contribution in [1.82, 2.24) is 0 Å². The van der Waals surface area contributed by atoms with Crippen LogP contribution >= 0.6 is 0 Å². The zero-order valence-corrected chi connectivity index (χ0v) is 8.31. The summed E-state index contributed by atoms with van der Waals surface area (Å²) in [6.45, 7) is 4.37. The summed E-state index contributed by atoms with van der Waals surface area (Å²) in [6, 6.07) is 0. The summed E-state index contributed by atoms with van der Waals surface area (Å²) in [5.41, 5.74) is 0. The number of hydrogen-bond acceptors (Lipinski definition) is 3. The maximum absolute atomic E-state index is 11.3. The minimum atomic E-state index is -3.27. The first-order valence-corrected chi connectivity index (χ1v) is 5.32. The number of carbonyl (C=O) groups is 1. The third-order valence-electron chi connectivity index (χ3n) is 1.80. The predicted octanol–water partition coefficient (Wildman–Crippen LogP) is 0.674. The van der Waals surface area contributed by atoms with Crippen molar-refractivity contribution in [3.05, 3.63) is 0 Å². The Morgan fingerprint density at radius 1 is 1.42 bits per heavy atom. The number of carboxylic acids is 1. The first-order valence-electron chi connectivity index (χ1n) is 3.67. The molecule has 0 atom stereocenters. The van der Waals surface area contributed by atoms with Gasteiger partial charge in [0.15, 0.2) is 9.84 Å². The summed E-state index contributed by atoms with van der Waals surface area (Å²) in [4.78, 5) is 10.3. The van der Waals surface area contributed by atoms with E-state index >= 15 is 0 Å². The van der Waals surface area contributed by atoms with Crippen molar-refractivity contribution in [2.75, 3.05) is 5.75 Å². The maximum Gasteiger partial charge on any atom is 0.304 e. The number of sulfone groups is 1. The summed E-state index contributed by atoms with van der Waals surface area (Å²) in [5.74, 6) is -1.11. The SMILES string of the molecule is CCS(=O)(=O)C(C)(C)CC(=O)O. The van der Waals surface area contributed by atoms with E-state index in [4.69, 9.17) is 5.11 Å². The van der Waals surface area contributed by atoms with E-state index < -0.39 is 20.6 Å². The van der Waals surface area contributed by atoms with E-state index in [0.717, 1.165) is 0 Å². The summed E-state index contributed by atoms with van der Waals surface area (Å²) in [5, 5.41) is 8.44. The molecule has 0 aliphatic rings. The van der Waals surface area contributed by atoms with Crippen molar-refractivity contribution in [2.24, 2.45) is 0 Å². The Bertz CT molecular complexity index is 263. The summed E-state index contributed by atoms with van der Waals surface area (Å²) in [7, 11) is -3.27. The van der Waals surface area contributed by atoms with Crippen LogP contribution in [0.1, 0.15) is 27.2 Å². The average molecular weight is 194 g/mol. The normalized spacial score (nSPS) is 12.9. The molecular formula is C7H14O4S. The van der Waals surface area contributed by atoms with Gasteiger partial charge in [-0.2, -0.15) is 0 Å². The van der Waals surface area contributed by atoms with Gasteiger partial charge in [-0.05, 0) is 13.8 Å². The third-order valence-corrected chi connectivity index (χ3v) is 4.39. The van der Waals surface area contributed by atoms with Gasteiger partial charge in [0.2, 0.25) is 0 Å². The van der Waals surface area contributed by atoms with Crippen LogP contribution in [0.5, 0.6) is 0 Å². The lowest BCUT2D eigenvalue weighted by molar-refractivity contribution is -0.137. The minimum absolute atomic E-state index is 0.0206. The van der Waals surface area contributed by atoms with Gasteiger partial charge in [-0.1, -0.05) is 6.92 Å². The second kappa shape index (κ2) is 3.43. The van der Waals surface area contributed by atoms with Crippen LogP contribution < -0.4 is 0 Å². The van der Waals surface area contributed by atoms with Crippen molar-refractivity contribution in [2.45, 2.75) is 31.9 Å². The Balaban J connectivity index is 4.73. The molecule has 4 nitrogen and oxygen atoms in total. The minimum Gasteiger partial charge on any atom is -0.481 e. The molecule has 0 rings (SSSR count). The fourth-order valence-electron chi connectivity index (χ4n) is 0.865. The van der Waals surface area contributed by atoms with Crippen LogP contribution in [0.15, 0.2) is 0 Å². The van der Waals surface area contributed by atoms with Gasteiger partial charge in [0, 0.05) is 5.75 Å². The van der Waals surface area contributed by atoms with Crippen LogP contribution in [0.2, 0.25) is 0 Å². The van der Waals surface area contributed by atoms with Gasteiger partial charge >= 0.3 is 5.97 Å². The monoisotopic (exact) mass is 194 g/mol. The van der Waals surface area contributed by atoms with Crippen molar-refractivity contribution in [3.63, 3.8) is 0 Å². The molecule has 0 spiro atoms. The number of carboxylic acid groups (broad SMARTS) is 1. The molecule has 0 aromatic heterocycles. The first-order chi connectivity index (χ1) is 5.23. The lowest BCUT2D eigenvalue weighted by Gasteiger charge is -2.21. The second-order valence-corrected chi connectivity index (χ2v) is 6.15. The molecule has 5 heteroatoms. The van der Waals surface area contributed by atoms with Gasteiger partial charge < -0.3 is 5.11 Å². The predicted molar refractivity (Wildman–Crippen MR) is 45.8 cm³/mol. The molecule has 0 saturated carbocycles. The molecule has 0 aliphatic heterocycles. The Hall–Kier alpha value is -0.580. The van der Waals surface area contributed by atoms with E-state index in [1.54, 1.807) is 0 Å². The van der Waals surface area contributed by atoms with Crippen LogP contribution in [0.4, 0.5) is 0 Å². The zero-order chi connectivity index (χ0) is 9.99. The first kappa shape index (κ1) is 11.4. The fourth-order valence-corrected chi connectivity index (χ4v) is 1.99. The van der Waals surface area contributed by atoms with Gasteiger partial charge in [0.1, 0.15) is 0 Å². The highest BCUT2D eigenvalue weighted by atomic mass is 32.2. The molecule has 0 unspecified atom stereocenters. The van der Waals surface area contributed by atoms with Crippen LogP contribution in [0.25, 0.3) is 0 Å². The second-order valence-electron chi connectivity index (χ2n) is 3.23. The lowest BCUT2D eigenvalue weighted by atomic mass is 10.1. The molecule has 0 bridgehead atoms. The molecule has 0 fully saturated rings. The van der Waals surface area contributed by atoms with Crippen LogP contribution in [-0.2, 0) is 14.6 Å². The molecule has 0 radical (unpaired) electrons. The standard InChI is InChI=1S/C7H14O4S/c1-4-12(10,11)7(2,3)5-6(8)9/h4-5H2,1-3H3,(H,8,9). The molecule has 0 heterocycles. The third kappa shape index (κ3) is 2.48. The highest BCUT2D eigenvalue weighted by Crippen LogP contribution is 2.21. The van der Waals surface area contributed by atoms with E-state index in [1.165, 1.54) is 20.8 Å². The van der Waals surface area contributed by atoms with Crippen LogP contribution in [0, 0.1) is 0 Å². The highest BCUT2D eigenvalue weighted by molar-refractivity contribution is 7.92. The van der Waals surface area contributed by atoms with Gasteiger partial charge in [-0.3, -0.25) is 4.79 Å². The Morgan fingerprint density at radius 2 is 1.83 bits per heavy atom. The molecule has 0 amide bonds. The van der Waals surface area contributed by atoms with E-state index in [2.05, 4.69) is 0 Å². The zero-order valence-electron chi connectivity index (χ0n) is 7.49. The molecule has 0 aromatic rings. The molecule has 72 valence electrons. The largest absolute Gasteiger partial charge is 0.481 e. The van der Waals surface area contributed by atoms with E-state index in [1.807, 2.05) is 0 Å². The maximum atomic E-state index is 11.3. The number of rotatable bonds is 4.